The van der Waals surface area contributed by atoms with Crippen molar-refractivity contribution in [2.45, 2.75) is 13.6 Å². The Labute approximate surface area is 178 Å². The summed E-state index contributed by atoms with van der Waals surface area (Å²) in [6, 6.07) is 13.9. The van der Waals surface area contributed by atoms with Crippen LogP contribution in [0.4, 0.5) is 11.4 Å². The summed E-state index contributed by atoms with van der Waals surface area (Å²) in [4.78, 5) is 33.0. The van der Waals surface area contributed by atoms with Crippen molar-refractivity contribution in [2.75, 3.05) is 16.9 Å². The van der Waals surface area contributed by atoms with Gasteiger partial charge in [-0.1, -0.05) is 23.0 Å². The average molecular weight is 502 g/mol. The lowest BCUT2D eigenvalue weighted by Crippen LogP contribution is -2.43. The number of hydrogen-bond donors (Lipinski definition) is 1. The highest BCUT2D eigenvalue weighted by molar-refractivity contribution is 14.1. The molecule has 3 heterocycles. The van der Waals surface area contributed by atoms with Gasteiger partial charge in [-0.2, -0.15) is 0 Å². The fourth-order valence-corrected chi connectivity index (χ4v) is 4.90. The molecule has 8 heteroatoms. The Morgan fingerprint density at radius 1 is 1.14 bits per heavy atom. The van der Waals surface area contributed by atoms with Gasteiger partial charge in [0.2, 0.25) is 0 Å². The maximum absolute atomic E-state index is 13.2. The van der Waals surface area contributed by atoms with Crippen molar-refractivity contribution in [3.63, 3.8) is 0 Å². The molecule has 2 aromatic carbocycles. The molecule has 0 fully saturated rings. The van der Waals surface area contributed by atoms with Gasteiger partial charge in [0.05, 0.1) is 5.57 Å². The van der Waals surface area contributed by atoms with Crippen LogP contribution in [0.5, 0.6) is 0 Å². The van der Waals surface area contributed by atoms with Crippen molar-refractivity contribution in [3.8, 4) is 0 Å². The maximum atomic E-state index is 13.2. The van der Waals surface area contributed by atoms with Crippen LogP contribution in [0.2, 0.25) is 0 Å². The Morgan fingerprint density at radius 2 is 1.93 bits per heavy atom. The second-order valence-corrected chi connectivity index (χ2v) is 9.01. The SMILES string of the molecule is Cc1ccc2c(c1)/C(=c1/sc3n(c1=O)CN(c1ccc(I)cc1)CN=3)C(=O)N2. The van der Waals surface area contributed by atoms with Gasteiger partial charge in [0.1, 0.15) is 17.9 Å². The van der Waals surface area contributed by atoms with Crippen LogP contribution >= 0.6 is 33.9 Å². The summed E-state index contributed by atoms with van der Waals surface area (Å²) in [6.45, 7) is 2.88. The van der Waals surface area contributed by atoms with Crippen molar-refractivity contribution in [2.24, 2.45) is 4.99 Å². The standard InChI is InChI=1S/C20H15IN4O2S/c1-11-2-7-15-14(8-11)16(18(26)23-15)17-19(27)25-10-24(9-22-20(25)28-17)13-5-3-12(21)4-6-13/h2-8H,9-10H2,1H3,(H,23,26)/b17-16-. The molecule has 28 heavy (non-hydrogen) atoms. The first kappa shape index (κ1) is 17.6. The summed E-state index contributed by atoms with van der Waals surface area (Å²) in [5.74, 6) is -0.230. The van der Waals surface area contributed by atoms with Crippen LogP contribution in [0.25, 0.3) is 5.57 Å². The number of fused-ring (bicyclic) bond motifs is 2. The highest BCUT2D eigenvalue weighted by Crippen LogP contribution is 2.30. The van der Waals surface area contributed by atoms with Gasteiger partial charge in [0.15, 0.2) is 4.80 Å². The van der Waals surface area contributed by atoms with Crippen molar-refractivity contribution >= 4 is 56.8 Å². The van der Waals surface area contributed by atoms with Gasteiger partial charge in [0, 0.05) is 20.5 Å². The molecular formula is C20H15IN4O2S. The van der Waals surface area contributed by atoms with E-state index in [4.69, 9.17) is 0 Å². The van der Waals surface area contributed by atoms with E-state index >= 15 is 0 Å². The van der Waals surface area contributed by atoms with Crippen molar-refractivity contribution < 1.29 is 4.79 Å². The lowest BCUT2D eigenvalue weighted by molar-refractivity contribution is -0.110. The first-order valence-corrected chi connectivity index (χ1v) is 10.6. The minimum Gasteiger partial charge on any atom is -0.334 e. The van der Waals surface area contributed by atoms with Crippen LogP contribution < -0.4 is 25.1 Å². The third-order valence-corrected chi connectivity index (χ3v) is 6.73. The van der Waals surface area contributed by atoms with Crippen molar-refractivity contribution in [1.82, 2.24) is 4.57 Å². The molecule has 0 aliphatic carbocycles. The zero-order chi connectivity index (χ0) is 19.4. The Hall–Kier alpha value is -2.46. The number of nitrogens with zero attached hydrogens (tertiary/aromatic N) is 3. The fraction of sp³-hybridized carbons (Fsp3) is 0.150. The molecule has 0 unspecified atom stereocenters. The summed E-state index contributed by atoms with van der Waals surface area (Å²) in [7, 11) is 0. The number of benzene rings is 2. The highest BCUT2D eigenvalue weighted by Gasteiger charge is 2.28. The summed E-state index contributed by atoms with van der Waals surface area (Å²) >= 11 is 3.56. The number of halogens is 1. The number of thiazole rings is 1. The third-order valence-electron chi connectivity index (χ3n) is 4.89. The van der Waals surface area contributed by atoms with E-state index in [1.165, 1.54) is 11.3 Å². The number of aromatic nitrogens is 1. The molecule has 0 atom stereocenters. The number of carbonyl (C=O) groups excluding carboxylic acids is 1. The second-order valence-electron chi connectivity index (χ2n) is 6.78. The number of carbonyl (C=O) groups is 1. The molecule has 140 valence electrons. The first-order valence-electron chi connectivity index (χ1n) is 8.72. The number of hydrogen-bond acceptors (Lipinski definition) is 5. The first-order chi connectivity index (χ1) is 13.5. The molecule has 0 bridgehead atoms. The molecule has 1 amide bonds. The Bertz CT molecular complexity index is 1310. The zero-order valence-electron chi connectivity index (χ0n) is 14.9. The zero-order valence-corrected chi connectivity index (χ0v) is 17.9. The summed E-state index contributed by atoms with van der Waals surface area (Å²) in [5, 5.41) is 2.86. The highest BCUT2D eigenvalue weighted by atomic mass is 127. The molecule has 2 aliphatic rings. The molecule has 0 radical (unpaired) electrons. The minimum atomic E-state index is -0.230. The third kappa shape index (κ3) is 2.78. The van der Waals surface area contributed by atoms with E-state index in [-0.39, 0.29) is 11.5 Å². The molecule has 0 saturated carbocycles. The molecule has 6 nitrogen and oxygen atoms in total. The molecule has 3 aromatic rings. The number of aryl methyl sites for hydroxylation is 1. The number of anilines is 2. The fourth-order valence-electron chi connectivity index (χ4n) is 3.48. The molecule has 0 spiro atoms. The molecule has 1 N–H and O–H groups in total. The van der Waals surface area contributed by atoms with Crippen LogP contribution in [0.3, 0.4) is 0 Å². The van der Waals surface area contributed by atoms with E-state index < -0.39 is 0 Å². The largest absolute Gasteiger partial charge is 0.334 e. The quantitative estimate of drug-likeness (QED) is 0.519. The molecular weight excluding hydrogens is 487 g/mol. The van der Waals surface area contributed by atoms with E-state index in [2.05, 4.69) is 32.9 Å². The molecule has 2 aliphatic heterocycles. The van der Waals surface area contributed by atoms with Crippen LogP contribution in [-0.4, -0.2) is 17.1 Å². The van der Waals surface area contributed by atoms with Crippen LogP contribution in [0, 0.1) is 10.5 Å². The maximum Gasteiger partial charge on any atom is 0.272 e. The Morgan fingerprint density at radius 3 is 2.71 bits per heavy atom. The van der Waals surface area contributed by atoms with Gasteiger partial charge >= 0.3 is 0 Å². The minimum absolute atomic E-state index is 0.168. The van der Waals surface area contributed by atoms with Crippen LogP contribution in [0.1, 0.15) is 11.1 Å². The van der Waals surface area contributed by atoms with Gasteiger partial charge in [0.25, 0.3) is 11.5 Å². The van der Waals surface area contributed by atoms with Gasteiger partial charge in [-0.15, -0.1) is 0 Å². The van der Waals surface area contributed by atoms with Gasteiger partial charge in [-0.3, -0.25) is 14.2 Å². The second kappa shape index (κ2) is 6.56. The monoisotopic (exact) mass is 502 g/mol. The predicted octanol–water partition coefficient (Wildman–Crippen LogP) is 2.03. The summed E-state index contributed by atoms with van der Waals surface area (Å²) in [6.07, 6.45) is 0. The molecule has 0 saturated heterocycles. The Balaban J connectivity index is 1.65. The number of nitrogens with one attached hydrogen (secondary N) is 1. The smallest absolute Gasteiger partial charge is 0.272 e. The van der Waals surface area contributed by atoms with Crippen LogP contribution in [-0.2, 0) is 11.5 Å². The summed E-state index contributed by atoms with van der Waals surface area (Å²) in [5.41, 5.74) is 3.88. The van der Waals surface area contributed by atoms with E-state index in [1.54, 1.807) is 4.57 Å². The topological polar surface area (TPSA) is 66.7 Å². The normalized spacial score (nSPS) is 17.1. The Kier molecular flexibility index (Phi) is 4.13. The lowest BCUT2D eigenvalue weighted by Gasteiger charge is -2.25. The molecule has 1 aromatic heterocycles. The van der Waals surface area contributed by atoms with E-state index in [9.17, 15) is 9.59 Å². The number of amides is 1. The van der Waals surface area contributed by atoms with Crippen molar-refractivity contribution in [1.29, 1.82) is 0 Å². The van der Waals surface area contributed by atoms with E-state index in [0.717, 1.165) is 26.1 Å². The predicted molar refractivity (Wildman–Crippen MR) is 118 cm³/mol. The number of rotatable bonds is 1. The van der Waals surface area contributed by atoms with E-state index in [1.807, 2.05) is 54.3 Å². The van der Waals surface area contributed by atoms with Crippen LogP contribution in [0.15, 0.2) is 52.3 Å². The van der Waals surface area contributed by atoms with Gasteiger partial charge in [-0.25, -0.2) is 4.99 Å². The van der Waals surface area contributed by atoms with Crippen molar-refractivity contribution in [3.05, 3.63) is 76.8 Å². The van der Waals surface area contributed by atoms with Gasteiger partial charge in [-0.05, 0) is 65.9 Å². The summed E-state index contributed by atoms with van der Waals surface area (Å²) < 4.78 is 3.25. The van der Waals surface area contributed by atoms with Gasteiger partial charge < -0.3 is 10.2 Å². The van der Waals surface area contributed by atoms with E-state index in [0.29, 0.717) is 28.2 Å². The molecule has 5 rings (SSSR count). The lowest BCUT2D eigenvalue weighted by atomic mass is 10.1. The average Bonchev–Trinajstić information content (AvgIpc) is 3.17.